The highest BCUT2D eigenvalue weighted by Gasteiger charge is 2.34. The van der Waals surface area contributed by atoms with Crippen molar-refractivity contribution in [2.24, 2.45) is 0 Å². The van der Waals surface area contributed by atoms with Crippen LogP contribution in [0, 0.1) is 13.8 Å². The Labute approximate surface area is 118 Å². The summed E-state index contributed by atoms with van der Waals surface area (Å²) in [6, 6.07) is 3.90. The Morgan fingerprint density at radius 3 is 2.60 bits per heavy atom. The van der Waals surface area contributed by atoms with Crippen molar-refractivity contribution < 1.29 is 19.4 Å². The van der Waals surface area contributed by atoms with Crippen LogP contribution in [0.2, 0.25) is 0 Å². The molecule has 5 nitrogen and oxygen atoms in total. The second-order valence-corrected chi connectivity index (χ2v) is 5.08. The molecule has 0 fully saturated rings. The van der Waals surface area contributed by atoms with Crippen LogP contribution in [-0.2, 0) is 9.59 Å². The fourth-order valence-corrected chi connectivity index (χ4v) is 2.41. The van der Waals surface area contributed by atoms with E-state index < -0.39 is 11.9 Å². The molecule has 20 heavy (non-hydrogen) atoms. The highest BCUT2D eigenvalue weighted by Crippen LogP contribution is 2.36. The summed E-state index contributed by atoms with van der Waals surface area (Å²) in [5.41, 5.74) is 3.09. The molecule has 1 aromatic rings. The van der Waals surface area contributed by atoms with Crippen molar-refractivity contribution in [1.29, 1.82) is 0 Å². The fraction of sp³-hybridized carbons (Fsp3) is 0.467. The second-order valence-electron chi connectivity index (χ2n) is 5.08. The summed E-state index contributed by atoms with van der Waals surface area (Å²) in [6.45, 7) is 6.15. The van der Waals surface area contributed by atoms with E-state index in [1.165, 1.54) is 4.90 Å². The number of carboxylic acid groups (broad SMARTS) is 1. The predicted molar refractivity (Wildman–Crippen MR) is 74.0 cm³/mol. The molecule has 1 aromatic carbocycles. The maximum absolute atomic E-state index is 12.5. The molecule has 1 N–H and O–H groups in total. The van der Waals surface area contributed by atoms with E-state index in [-0.39, 0.29) is 19.1 Å². The van der Waals surface area contributed by atoms with Gasteiger partial charge in [0.2, 0.25) is 5.91 Å². The molecule has 1 atom stereocenters. The Hall–Kier alpha value is -2.04. The third kappa shape index (κ3) is 2.61. The van der Waals surface area contributed by atoms with Crippen molar-refractivity contribution >= 4 is 11.9 Å². The van der Waals surface area contributed by atoms with Crippen LogP contribution in [0.3, 0.4) is 0 Å². The normalized spacial score (nSPS) is 16.4. The monoisotopic (exact) mass is 277 g/mol. The first-order valence-corrected chi connectivity index (χ1v) is 6.68. The Morgan fingerprint density at radius 2 is 2.00 bits per heavy atom. The van der Waals surface area contributed by atoms with Crippen molar-refractivity contribution in [1.82, 2.24) is 4.90 Å². The first-order chi connectivity index (χ1) is 9.43. The third-order valence-corrected chi connectivity index (χ3v) is 3.72. The first kappa shape index (κ1) is 14.4. The van der Waals surface area contributed by atoms with Gasteiger partial charge in [0.05, 0.1) is 0 Å². The van der Waals surface area contributed by atoms with Gasteiger partial charge < -0.3 is 14.7 Å². The summed E-state index contributed by atoms with van der Waals surface area (Å²) in [6.07, 6.45) is 0. The van der Waals surface area contributed by atoms with Crippen LogP contribution < -0.4 is 4.74 Å². The van der Waals surface area contributed by atoms with Gasteiger partial charge in [-0.2, -0.15) is 0 Å². The van der Waals surface area contributed by atoms with Gasteiger partial charge in [0.1, 0.15) is 24.8 Å². The number of amides is 1. The highest BCUT2D eigenvalue weighted by molar-refractivity contribution is 5.88. The Bertz CT molecular complexity index is 553. The van der Waals surface area contributed by atoms with Gasteiger partial charge in [0.15, 0.2) is 0 Å². The minimum Gasteiger partial charge on any atom is -0.492 e. The van der Waals surface area contributed by atoms with Crippen LogP contribution >= 0.6 is 0 Å². The number of hydrogen-bond donors (Lipinski definition) is 1. The number of carboxylic acids is 1. The SMILES string of the molecule is CCN(CC(=O)O)C(=O)C1COc2cc(C)c(C)cc21. The number of fused-ring (bicyclic) bond motifs is 1. The Balaban J connectivity index is 2.26. The summed E-state index contributed by atoms with van der Waals surface area (Å²) in [5, 5.41) is 8.86. The molecule has 1 unspecified atom stereocenters. The number of ether oxygens (including phenoxy) is 1. The van der Waals surface area contributed by atoms with Gasteiger partial charge in [-0.25, -0.2) is 0 Å². The van der Waals surface area contributed by atoms with E-state index in [2.05, 4.69) is 0 Å². The maximum Gasteiger partial charge on any atom is 0.323 e. The zero-order valence-electron chi connectivity index (χ0n) is 12.0. The lowest BCUT2D eigenvalue weighted by Crippen LogP contribution is -2.39. The molecule has 0 spiro atoms. The molecule has 1 amide bonds. The van der Waals surface area contributed by atoms with Gasteiger partial charge in [-0.05, 0) is 38.0 Å². The molecule has 1 aliphatic rings. The second kappa shape index (κ2) is 5.53. The van der Waals surface area contributed by atoms with Crippen molar-refractivity contribution in [3.63, 3.8) is 0 Å². The number of rotatable bonds is 4. The molecule has 2 rings (SSSR count). The number of carbonyl (C=O) groups excluding carboxylic acids is 1. The molecule has 5 heteroatoms. The van der Waals surface area contributed by atoms with Crippen LogP contribution in [0.15, 0.2) is 12.1 Å². The Kier molecular flexibility index (Phi) is 3.97. The molecule has 0 saturated heterocycles. The van der Waals surface area contributed by atoms with E-state index in [9.17, 15) is 9.59 Å². The molecule has 1 aliphatic heterocycles. The zero-order valence-corrected chi connectivity index (χ0v) is 12.0. The minimum atomic E-state index is -1.00. The Morgan fingerprint density at radius 1 is 1.35 bits per heavy atom. The summed E-state index contributed by atoms with van der Waals surface area (Å²) >= 11 is 0. The van der Waals surface area contributed by atoms with E-state index in [1.54, 1.807) is 6.92 Å². The zero-order chi connectivity index (χ0) is 14.9. The lowest BCUT2D eigenvalue weighted by atomic mass is 9.96. The van der Waals surface area contributed by atoms with Gasteiger partial charge in [-0.15, -0.1) is 0 Å². The summed E-state index contributed by atoms with van der Waals surface area (Å²) < 4.78 is 5.57. The molecule has 0 bridgehead atoms. The van der Waals surface area contributed by atoms with Crippen molar-refractivity contribution in [3.05, 3.63) is 28.8 Å². The van der Waals surface area contributed by atoms with Gasteiger partial charge in [0, 0.05) is 12.1 Å². The molecule has 0 radical (unpaired) electrons. The number of carbonyl (C=O) groups is 2. The average molecular weight is 277 g/mol. The number of hydrogen-bond acceptors (Lipinski definition) is 3. The highest BCUT2D eigenvalue weighted by atomic mass is 16.5. The van der Waals surface area contributed by atoms with Gasteiger partial charge in [-0.3, -0.25) is 9.59 Å². The molecule has 0 aromatic heterocycles. The van der Waals surface area contributed by atoms with Gasteiger partial charge in [-0.1, -0.05) is 6.07 Å². The predicted octanol–water partition coefficient (Wildman–Crippen LogP) is 1.71. The van der Waals surface area contributed by atoms with E-state index in [4.69, 9.17) is 9.84 Å². The number of nitrogens with zero attached hydrogens (tertiary/aromatic N) is 1. The molecule has 1 heterocycles. The van der Waals surface area contributed by atoms with Crippen LogP contribution in [0.1, 0.15) is 29.5 Å². The largest absolute Gasteiger partial charge is 0.492 e. The summed E-state index contributed by atoms with van der Waals surface area (Å²) in [4.78, 5) is 24.6. The van der Waals surface area contributed by atoms with Crippen molar-refractivity contribution in [2.45, 2.75) is 26.7 Å². The third-order valence-electron chi connectivity index (χ3n) is 3.72. The van der Waals surface area contributed by atoms with Crippen LogP contribution in [-0.4, -0.2) is 41.6 Å². The lowest BCUT2D eigenvalue weighted by molar-refractivity contribution is -0.145. The topological polar surface area (TPSA) is 66.8 Å². The lowest BCUT2D eigenvalue weighted by Gasteiger charge is -2.22. The number of aryl methyl sites for hydroxylation is 2. The van der Waals surface area contributed by atoms with E-state index in [1.807, 2.05) is 26.0 Å². The molecule has 108 valence electrons. The maximum atomic E-state index is 12.5. The quantitative estimate of drug-likeness (QED) is 0.910. The first-order valence-electron chi connectivity index (χ1n) is 6.68. The van der Waals surface area contributed by atoms with Crippen LogP contribution in [0.5, 0.6) is 5.75 Å². The smallest absolute Gasteiger partial charge is 0.323 e. The van der Waals surface area contributed by atoms with Crippen molar-refractivity contribution in [3.8, 4) is 5.75 Å². The van der Waals surface area contributed by atoms with E-state index >= 15 is 0 Å². The van der Waals surface area contributed by atoms with E-state index in [0.717, 1.165) is 22.4 Å². The fourth-order valence-electron chi connectivity index (χ4n) is 2.41. The van der Waals surface area contributed by atoms with Crippen LogP contribution in [0.25, 0.3) is 0 Å². The number of aliphatic carboxylic acids is 1. The molecular weight excluding hydrogens is 258 g/mol. The number of likely N-dealkylation sites (N-methyl/N-ethyl adjacent to an activating group) is 1. The van der Waals surface area contributed by atoms with Gasteiger partial charge >= 0.3 is 5.97 Å². The molecule has 0 aliphatic carbocycles. The molecular formula is C15H19NO4. The van der Waals surface area contributed by atoms with Crippen molar-refractivity contribution in [2.75, 3.05) is 19.7 Å². The van der Waals surface area contributed by atoms with Gasteiger partial charge in [0.25, 0.3) is 0 Å². The summed E-state index contributed by atoms with van der Waals surface area (Å²) in [5.74, 6) is -0.849. The minimum absolute atomic E-state index is 0.183. The number of benzene rings is 1. The molecule has 0 saturated carbocycles. The van der Waals surface area contributed by atoms with Crippen LogP contribution in [0.4, 0.5) is 0 Å². The van der Waals surface area contributed by atoms with E-state index in [0.29, 0.717) is 6.54 Å². The standard InChI is InChI=1S/C15H19NO4/c1-4-16(7-14(17)18)15(19)12-8-20-13-6-10(3)9(2)5-11(12)13/h5-6,12H,4,7-8H2,1-3H3,(H,17,18). The summed E-state index contributed by atoms with van der Waals surface area (Å²) in [7, 11) is 0. The average Bonchev–Trinajstić information content (AvgIpc) is 2.78.